The summed E-state index contributed by atoms with van der Waals surface area (Å²) in [6.07, 6.45) is 3.47. The van der Waals surface area contributed by atoms with Crippen LogP contribution in [0.1, 0.15) is 45.5 Å². The van der Waals surface area contributed by atoms with Crippen LogP contribution in [0.4, 0.5) is 0 Å². The zero-order valence-corrected chi connectivity index (χ0v) is 10.7. The molecule has 0 aliphatic heterocycles. The predicted molar refractivity (Wildman–Crippen MR) is 64.7 cm³/mol. The summed E-state index contributed by atoms with van der Waals surface area (Å²) < 4.78 is 1.83. The zero-order valence-electron chi connectivity index (χ0n) is 10.7. The predicted octanol–water partition coefficient (Wildman–Crippen LogP) is 1.27. The number of carbonyl (C=O) groups excluding carboxylic acids is 2. The molecule has 1 rings (SSSR count). The second-order valence-electron chi connectivity index (χ2n) is 4.44. The monoisotopic (exact) mass is 237 g/mol. The van der Waals surface area contributed by atoms with Crippen LogP contribution in [0.3, 0.4) is 0 Å². The number of nitrogens with one attached hydrogen (secondary N) is 1. The molecule has 0 saturated carbocycles. The van der Waals surface area contributed by atoms with Crippen molar-refractivity contribution in [3.8, 4) is 0 Å². The second kappa shape index (κ2) is 5.61. The number of imidazole rings is 1. The van der Waals surface area contributed by atoms with Gasteiger partial charge in [0.25, 0.3) is 0 Å². The Morgan fingerprint density at radius 1 is 1.41 bits per heavy atom. The second-order valence-corrected chi connectivity index (χ2v) is 4.44. The van der Waals surface area contributed by atoms with Crippen molar-refractivity contribution in [1.29, 1.82) is 0 Å². The van der Waals surface area contributed by atoms with Crippen LogP contribution in [0, 0.1) is 0 Å². The van der Waals surface area contributed by atoms with Gasteiger partial charge in [0.1, 0.15) is 17.6 Å². The molecule has 0 spiro atoms. The number of carbonyl (C=O) groups is 2. The molecule has 0 fully saturated rings. The first-order chi connectivity index (χ1) is 7.93. The first-order valence-corrected chi connectivity index (χ1v) is 5.73. The van der Waals surface area contributed by atoms with E-state index in [0.717, 1.165) is 5.82 Å². The maximum atomic E-state index is 11.8. The van der Waals surface area contributed by atoms with Crippen molar-refractivity contribution in [3.63, 3.8) is 0 Å². The van der Waals surface area contributed by atoms with E-state index in [-0.39, 0.29) is 30.2 Å². The van der Waals surface area contributed by atoms with Crippen LogP contribution in [-0.2, 0) is 9.59 Å². The quantitative estimate of drug-likeness (QED) is 0.838. The van der Waals surface area contributed by atoms with Gasteiger partial charge in [0.05, 0.1) is 6.54 Å². The van der Waals surface area contributed by atoms with Gasteiger partial charge < -0.3 is 9.88 Å². The molecule has 0 saturated heterocycles. The number of hydrogen-bond acceptors (Lipinski definition) is 3. The number of rotatable bonds is 5. The van der Waals surface area contributed by atoms with Gasteiger partial charge in [-0.2, -0.15) is 0 Å². The van der Waals surface area contributed by atoms with Gasteiger partial charge in [0.2, 0.25) is 5.91 Å². The summed E-state index contributed by atoms with van der Waals surface area (Å²) in [5.41, 5.74) is 0. The fraction of sp³-hybridized carbons (Fsp3) is 0.583. The van der Waals surface area contributed by atoms with Gasteiger partial charge >= 0.3 is 0 Å². The van der Waals surface area contributed by atoms with E-state index in [1.807, 2.05) is 18.4 Å². The van der Waals surface area contributed by atoms with Crippen LogP contribution < -0.4 is 5.32 Å². The van der Waals surface area contributed by atoms with E-state index in [4.69, 9.17) is 0 Å². The third-order valence-electron chi connectivity index (χ3n) is 2.52. The fourth-order valence-corrected chi connectivity index (χ4v) is 1.58. The van der Waals surface area contributed by atoms with E-state index in [2.05, 4.69) is 10.3 Å². The zero-order chi connectivity index (χ0) is 13.0. The Morgan fingerprint density at radius 3 is 2.59 bits per heavy atom. The molecule has 1 aromatic heterocycles. The van der Waals surface area contributed by atoms with E-state index in [0.29, 0.717) is 0 Å². The smallest absolute Gasteiger partial charge is 0.243 e. The van der Waals surface area contributed by atoms with Gasteiger partial charge in [-0.1, -0.05) is 13.8 Å². The number of hydrogen-bond donors (Lipinski definition) is 1. The average Bonchev–Trinajstić information content (AvgIpc) is 2.73. The topological polar surface area (TPSA) is 64.0 Å². The molecular formula is C12H19N3O2. The first kappa shape index (κ1) is 13.4. The maximum Gasteiger partial charge on any atom is 0.243 e. The Morgan fingerprint density at radius 2 is 2.06 bits per heavy atom. The van der Waals surface area contributed by atoms with E-state index >= 15 is 0 Å². The molecule has 1 unspecified atom stereocenters. The highest BCUT2D eigenvalue weighted by Crippen LogP contribution is 2.16. The van der Waals surface area contributed by atoms with E-state index in [1.54, 1.807) is 19.3 Å². The summed E-state index contributed by atoms with van der Waals surface area (Å²) >= 11 is 0. The number of ketones is 1. The number of nitrogens with zero attached hydrogens (tertiary/aromatic N) is 2. The molecule has 94 valence electrons. The average molecular weight is 237 g/mol. The molecule has 5 nitrogen and oxygen atoms in total. The highest BCUT2D eigenvalue weighted by atomic mass is 16.2. The summed E-state index contributed by atoms with van der Waals surface area (Å²) in [5.74, 6) is 0.906. The van der Waals surface area contributed by atoms with Gasteiger partial charge in [-0.3, -0.25) is 9.59 Å². The Kier molecular flexibility index (Phi) is 4.43. The van der Waals surface area contributed by atoms with Gasteiger partial charge in [0, 0.05) is 18.3 Å². The molecule has 1 amide bonds. The summed E-state index contributed by atoms with van der Waals surface area (Å²) in [5, 5.41) is 2.60. The normalized spacial score (nSPS) is 12.5. The molecule has 0 aliphatic rings. The Balaban J connectivity index is 2.74. The SMILES string of the molecule is CC(=O)CNC(=O)C(C)n1ccnc1C(C)C. The molecule has 0 aromatic carbocycles. The number of amides is 1. The maximum absolute atomic E-state index is 11.8. The molecule has 0 bridgehead atoms. The number of Topliss-reactive ketones (excluding diaryl/α,β-unsaturated/α-hetero) is 1. The summed E-state index contributed by atoms with van der Waals surface area (Å²) in [7, 11) is 0. The van der Waals surface area contributed by atoms with E-state index in [1.165, 1.54) is 6.92 Å². The van der Waals surface area contributed by atoms with Crippen LogP contribution >= 0.6 is 0 Å². The molecule has 1 aromatic rings. The van der Waals surface area contributed by atoms with Gasteiger partial charge in [0.15, 0.2) is 0 Å². The van der Waals surface area contributed by atoms with Crippen molar-refractivity contribution in [2.24, 2.45) is 0 Å². The van der Waals surface area contributed by atoms with Crippen molar-refractivity contribution in [2.75, 3.05) is 6.54 Å². The van der Waals surface area contributed by atoms with Gasteiger partial charge in [-0.15, -0.1) is 0 Å². The molecule has 0 aliphatic carbocycles. The largest absolute Gasteiger partial charge is 0.347 e. The van der Waals surface area contributed by atoms with Crippen molar-refractivity contribution in [3.05, 3.63) is 18.2 Å². The minimum absolute atomic E-state index is 0.0553. The van der Waals surface area contributed by atoms with Gasteiger partial charge in [-0.05, 0) is 13.8 Å². The Bertz CT molecular complexity index is 410. The summed E-state index contributed by atoms with van der Waals surface area (Å²) in [4.78, 5) is 26.8. The lowest BCUT2D eigenvalue weighted by Gasteiger charge is -2.17. The highest BCUT2D eigenvalue weighted by molar-refractivity contribution is 5.86. The molecule has 1 atom stereocenters. The Hall–Kier alpha value is -1.65. The van der Waals surface area contributed by atoms with Crippen LogP contribution in [0.5, 0.6) is 0 Å². The van der Waals surface area contributed by atoms with Crippen LogP contribution in [0.25, 0.3) is 0 Å². The van der Waals surface area contributed by atoms with E-state index in [9.17, 15) is 9.59 Å². The lowest BCUT2D eigenvalue weighted by Crippen LogP contribution is -2.34. The first-order valence-electron chi connectivity index (χ1n) is 5.73. The van der Waals surface area contributed by atoms with Crippen molar-refractivity contribution >= 4 is 11.7 Å². The molecule has 0 radical (unpaired) electrons. The third kappa shape index (κ3) is 3.41. The molecular weight excluding hydrogens is 218 g/mol. The highest BCUT2D eigenvalue weighted by Gasteiger charge is 2.18. The van der Waals surface area contributed by atoms with Gasteiger partial charge in [-0.25, -0.2) is 4.98 Å². The van der Waals surface area contributed by atoms with E-state index < -0.39 is 0 Å². The molecule has 5 heteroatoms. The van der Waals surface area contributed by atoms with Crippen molar-refractivity contribution < 1.29 is 9.59 Å². The fourth-order valence-electron chi connectivity index (χ4n) is 1.58. The third-order valence-corrected chi connectivity index (χ3v) is 2.52. The minimum Gasteiger partial charge on any atom is -0.347 e. The molecule has 1 N–H and O–H groups in total. The molecule has 1 heterocycles. The molecule has 17 heavy (non-hydrogen) atoms. The number of aromatic nitrogens is 2. The van der Waals surface area contributed by atoms with Crippen LogP contribution in [0.15, 0.2) is 12.4 Å². The summed E-state index contributed by atoms with van der Waals surface area (Å²) in [6.45, 7) is 7.37. The lowest BCUT2D eigenvalue weighted by atomic mass is 10.2. The minimum atomic E-state index is -0.353. The lowest BCUT2D eigenvalue weighted by molar-refractivity contribution is -0.126. The summed E-state index contributed by atoms with van der Waals surface area (Å²) in [6, 6.07) is -0.353. The standard InChI is InChI=1S/C12H19N3O2/c1-8(2)11-13-5-6-15(11)10(4)12(17)14-7-9(3)16/h5-6,8,10H,7H2,1-4H3,(H,14,17). The van der Waals surface area contributed by atoms with Crippen molar-refractivity contribution in [2.45, 2.75) is 39.7 Å². The Labute approximate surface area is 101 Å². The van der Waals surface area contributed by atoms with Crippen LogP contribution in [0.2, 0.25) is 0 Å². The van der Waals surface area contributed by atoms with Crippen LogP contribution in [-0.4, -0.2) is 27.8 Å². The van der Waals surface area contributed by atoms with Crippen molar-refractivity contribution in [1.82, 2.24) is 14.9 Å².